The number of fused-ring (bicyclic) bond motifs is 3. The molecular formula is C13H13N3O2. The van der Waals surface area contributed by atoms with E-state index in [-0.39, 0.29) is 5.69 Å². The molecule has 0 fully saturated rings. The molecule has 2 heterocycles. The maximum absolute atomic E-state index is 10.9. The number of benzene rings is 1. The highest BCUT2D eigenvalue weighted by Gasteiger charge is 2.14. The number of H-pyrrole nitrogens is 1. The Morgan fingerprint density at radius 3 is 2.89 bits per heavy atom. The molecule has 0 radical (unpaired) electrons. The van der Waals surface area contributed by atoms with Gasteiger partial charge in [-0.2, -0.15) is 0 Å². The third-order valence-electron chi connectivity index (χ3n) is 3.11. The average molecular weight is 243 g/mol. The minimum Gasteiger partial charge on any atom is -0.477 e. The summed E-state index contributed by atoms with van der Waals surface area (Å²) in [7, 11) is 0. The van der Waals surface area contributed by atoms with Gasteiger partial charge in [-0.1, -0.05) is 26.0 Å². The van der Waals surface area contributed by atoms with Gasteiger partial charge in [-0.15, -0.1) is 0 Å². The van der Waals surface area contributed by atoms with Crippen LogP contribution in [0.15, 0.2) is 24.4 Å². The van der Waals surface area contributed by atoms with Crippen molar-refractivity contribution in [3.63, 3.8) is 0 Å². The van der Waals surface area contributed by atoms with E-state index in [0.717, 1.165) is 11.0 Å². The lowest BCUT2D eigenvalue weighted by Gasteiger charge is -2.05. The zero-order valence-electron chi connectivity index (χ0n) is 10.1. The van der Waals surface area contributed by atoms with Crippen molar-refractivity contribution < 1.29 is 9.90 Å². The molecule has 0 bridgehead atoms. The fourth-order valence-corrected chi connectivity index (χ4v) is 2.21. The van der Waals surface area contributed by atoms with Crippen LogP contribution < -0.4 is 0 Å². The van der Waals surface area contributed by atoms with Gasteiger partial charge in [-0.05, 0) is 17.5 Å². The Balaban J connectivity index is 2.36. The molecule has 2 aromatic heterocycles. The highest BCUT2D eigenvalue weighted by atomic mass is 16.4. The normalized spacial score (nSPS) is 11.7. The van der Waals surface area contributed by atoms with Crippen molar-refractivity contribution in [1.29, 1.82) is 0 Å². The molecule has 92 valence electrons. The Hall–Kier alpha value is -2.30. The van der Waals surface area contributed by atoms with E-state index >= 15 is 0 Å². The molecule has 0 amide bonds. The molecular weight excluding hydrogens is 230 g/mol. The highest BCUT2D eigenvalue weighted by Crippen LogP contribution is 2.25. The molecule has 0 saturated heterocycles. The van der Waals surface area contributed by atoms with Crippen LogP contribution in [0.3, 0.4) is 0 Å². The molecule has 0 unspecified atom stereocenters. The molecule has 3 rings (SSSR count). The Bertz CT molecular complexity index is 752. The van der Waals surface area contributed by atoms with Crippen LogP contribution in [0, 0.1) is 0 Å². The Labute approximate surface area is 103 Å². The molecule has 0 saturated carbocycles. The van der Waals surface area contributed by atoms with Crippen LogP contribution in [-0.4, -0.2) is 25.4 Å². The third kappa shape index (κ3) is 1.40. The molecule has 3 aromatic rings. The van der Waals surface area contributed by atoms with Gasteiger partial charge in [0.15, 0.2) is 0 Å². The van der Waals surface area contributed by atoms with Crippen LogP contribution in [0.4, 0.5) is 0 Å². The van der Waals surface area contributed by atoms with E-state index in [4.69, 9.17) is 5.11 Å². The number of nitrogens with zero attached hydrogens (tertiary/aromatic N) is 2. The summed E-state index contributed by atoms with van der Waals surface area (Å²) in [6.07, 6.45) is 1.57. The molecule has 0 aliphatic heterocycles. The predicted octanol–water partition coefficient (Wildman–Crippen LogP) is 2.64. The van der Waals surface area contributed by atoms with Crippen molar-refractivity contribution in [2.75, 3.05) is 0 Å². The minimum absolute atomic E-state index is 0.148. The minimum atomic E-state index is -0.978. The van der Waals surface area contributed by atoms with Gasteiger partial charge in [0.25, 0.3) is 0 Å². The van der Waals surface area contributed by atoms with E-state index in [2.05, 4.69) is 29.9 Å². The largest absolute Gasteiger partial charge is 0.477 e. The summed E-state index contributed by atoms with van der Waals surface area (Å²) in [6.45, 7) is 4.23. The number of nitrogens with one attached hydrogen (secondary N) is 1. The van der Waals surface area contributed by atoms with Gasteiger partial charge in [0.1, 0.15) is 5.69 Å². The van der Waals surface area contributed by atoms with Gasteiger partial charge in [0.2, 0.25) is 5.78 Å². The van der Waals surface area contributed by atoms with Crippen LogP contribution in [-0.2, 0) is 0 Å². The first-order valence-electron chi connectivity index (χ1n) is 5.81. The number of hydrogen-bond donors (Lipinski definition) is 2. The molecule has 5 nitrogen and oxygen atoms in total. The lowest BCUT2D eigenvalue weighted by Crippen LogP contribution is -1.96. The third-order valence-corrected chi connectivity index (χ3v) is 3.11. The number of carbonyl (C=O) groups is 1. The maximum atomic E-state index is 10.9. The number of rotatable bonds is 2. The average Bonchev–Trinajstić information content (AvgIpc) is 2.84. The second-order valence-electron chi connectivity index (χ2n) is 4.65. The first-order valence-corrected chi connectivity index (χ1v) is 5.81. The molecule has 2 N–H and O–H groups in total. The van der Waals surface area contributed by atoms with Crippen molar-refractivity contribution in [2.24, 2.45) is 0 Å². The summed E-state index contributed by atoms with van der Waals surface area (Å²) >= 11 is 0. The lowest BCUT2D eigenvalue weighted by atomic mass is 10.0. The second-order valence-corrected chi connectivity index (χ2v) is 4.65. The zero-order valence-corrected chi connectivity index (χ0v) is 10.1. The van der Waals surface area contributed by atoms with E-state index < -0.39 is 5.97 Å². The molecule has 5 heteroatoms. The fourth-order valence-electron chi connectivity index (χ4n) is 2.21. The van der Waals surface area contributed by atoms with E-state index in [9.17, 15) is 4.79 Å². The summed E-state index contributed by atoms with van der Waals surface area (Å²) in [5.41, 5.74) is 3.17. The number of aromatic nitrogens is 3. The van der Waals surface area contributed by atoms with Gasteiger partial charge >= 0.3 is 5.97 Å². The number of para-hydroxylation sites is 1. The summed E-state index contributed by atoms with van der Waals surface area (Å²) in [4.78, 5) is 18.2. The highest BCUT2D eigenvalue weighted by molar-refractivity contribution is 5.89. The number of imidazole rings is 2. The van der Waals surface area contributed by atoms with Crippen LogP contribution >= 0.6 is 0 Å². The molecule has 0 aliphatic rings. The summed E-state index contributed by atoms with van der Waals surface area (Å²) in [6, 6.07) is 5.97. The Morgan fingerprint density at radius 1 is 1.44 bits per heavy atom. The quantitative estimate of drug-likeness (QED) is 0.726. The number of hydrogen-bond acceptors (Lipinski definition) is 2. The number of aromatic amines is 1. The topological polar surface area (TPSA) is 70.4 Å². The number of carboxylic acid groups (broad SMARTS) is 1. The van der Waals surface area contributed by atoms with Crippen molar-refractivity contribution in [3.05, 3.63) is 35.7 Å². The van der Waals surface area contributed by atoms with Crippen LogP contribution in [0.1, 0.15) is 35.8 Å². The zero-order chi connectivity index (χ0) is 12.9. The molecule has 0 spiro atoms. The van der Waals surface area contributed by atoms with Crippen molar-refractivity contribution in [3.8, 4) is 0 Å². The Kier molecular flexibility index (Phi) is 2.16. The van der Waals surface area contributed by atoms with Crippen LogP contribution in [0.2, 0.25) is 0 Å². The summed E-state index contributed by atoms with van der Waals surface area (Å²) in [5.74, 6) is -0.0311. The van der Waals surface area contributed by atoms with E-state index in [1.807, 2.05) is 12.1 Å². The SMILES string of the molecule is CC(C)c1cccc2c1nc1[nH]c(C(=O)O)cn12. The van der Waals surface area contributed by atoms with Crippen molar-refractivity contribution >= 4 is 22.8 Å². The maximum Gasteiger partial charge on any atom is 0.353 e. The van der Waals surface area contributed by atoms with Crippen molar-refractivity contribution in [1.82, 2.24) is 14.4 Å². The van der Waals surface area contributed by atoms with Gasteiger partial charge in [0, 0.05) is 6.20 Å². The lowest BCUT2D eigenvalue weighted by molar-refractivity contribution is 0.0691. The predicted molar refractivity (Wildman–Crippen MR) is 68.1 cm³/mol. The number of aromatic carboxylic acids is 1. The summed E-state index contributed by atoms with van der Waals surface area (Å²) in [5, 5.41) is 8.95. The fraction of sp³-hybridized carbons (Fsp3) is 0.231. The standard InChI is InChI=1S/C13H13N3O2/c1-7(2)8-4-3-5-10-11(8)15-13-14-9(12(17)18)6-16(10)13/h3-7H,1-2H3,(H,14,15)(H,17,18). The first-order chi connectivity index (χ1) is 8.58. The van der Waals surface area contributed by atoms with Crippen molar-refractivity contribution in [2.45, 2.75) is 19.8 Å². The van der Waals surface area contributed by atoms with Gasteiger partial charge in [-0.3, -0.25) is 4.40 Å². The second kappa shape index (κ2) is 3.60. The van der Waals surface area contributed by atoms with Crippen LogP contribution in [0.5, 0.6) is 0 Å². The van der Waals surface area contributed by atoms with E-state index in [0.29, 0.717) is 11.7 Å². The molecule has 18 heavy (non-hydrogen) atoms. The van der Waals surface area contributed by atoms with Gasteiger partial charge in [-0.25, -0.2) is 9.78 Å². The number of carboxylic acids is 1. The van der Waals surface area contributed by atoms with Gasteiger partial charge in [0.05, 0.1) is 11.0 Å². The summed E-state index contributed by atoms with van der Waals surface area (Å²) < 4.78 is 1.78. The first kappa shape index (κ1) is 10.8. The van der Waals surface area contributed by atoms with E-state index in [1.54, 1.807) is 10.6 Å². The smallest absolute Gasteiger partial charge is 0.353 e. The monoisotopic (exact) mass is 243 g/mol. The molecule has 0 aliphatic carbocycles. The Morgan fingerprint density at radius 2 is 2.22 bits per heavy atom. The van der Waals surface area contributed by atoms with Gasteiger partial charge < -0.3 is 10.1 Å². The molecule has 0 atom stereocenters. The van der Waals surface area contributed by atoms with E-state index in [1.165, 1.54) is 5.56 Å². The van der Waals surface area contributed by atoms with Crippen LogP contribution in [0.25, 0.3) is 16.8 Å². The molecule has 1 aromatic carbocycles.